The average Bonchev–Trinajstić information content (AvgIpc) is 2.80. The third-order valence-electron chi connectivity index (χ3n) is 2.74. The Morgan fingerprint density at radius 2 is 2.29 bits per heavy atom. The van der Waals surface area contributed by atoms with E-state index in [1.54, 1.807) is 10.9 Å². The Morgan fingerprint density at radius 1 is 1.41 bits per heavy atom. The first-order valence-electron chi connectivity index (χ1n) is 5.86. The maximum absolute atomic E-state index is 12.0. The molecule has 0 aliphatic heterocycles. The summed E-state index contributed by atoms with van der Waals surface area (Å²) in [6, 6.07) is 1.88. The van der Waals surface area contributed by atoms with Crippen molar-refractivity contribution < 1.29 is 0 Å². The lowest BCUT2D eigenvalue weighted by atomic mass is 10.2. The highest BCUT2D eigenvalue weighted by Crippen LogP contribution is 2.13. The van der Waals surface area contributed by atoms with Crippen LogP contribution in [0.5, 0.6) is 0 Å². The highest BCUT2D eigenvalue weighted by Gasteiger charge is 2.04. The number of hydrogen-bond donors (Lipinski definition) is 0. The van der Waals surface area contributed by atoms with Crippen molar-refractivity contribution in [2.45, 2.75) is 32.2 Å². The number of aromatic nitrogens is 2. The summed E-state index contributed by atoms with van der Waals surface area (Å²) in [5.74, 6) is 0. The molecule has 0 unspecified atom stereocenters. The van der Waals surface area contributed by atoms with Crippen molar-refractivity contribution in [3.63, 3.8) is 0 Å². The van der Waals surface area contributed by atoms with Crippen LogP contribution in [-0.2, 0) is 6.54 Å². The fourth-order valence-electron chi connectivity index (χ4n) is 1.79. The fraction of sp³-hybridized carbons (Fsp3) is 0.385. The summed E-state index contributed by atoms with van der Waals surface area (Å²) < 4.78 is 2.48. The van der Waals surface area contributed by atoms with Crippen LogP contribution in [-0.4, -0.2) is 9.55 Å². The molecule has 2 heterocycles. The normalized spacial score (nSPS) is 10.8. The van der Waals surface area contributed by atoms with Gasteiger partial charge in [0.1, 0.15) is 4.70 Å². The molecule has 0 aliphatic rings. The molecular weight excluding hydrogens is 232 g/mol. The first-order chi connectivity index (χ1) is 8.33. The third kappa shape index (κ3) is 2.82. The van der Waals surface area contributed by atoms with Crippen LogP contribution in [0.4, 0.5) is 0 Å². The van der Waals surface area contributed by atoms with Gasteiger partial charge in [0.15, 0.2) is 0 Å². The highest BCUT2D eigenvalue weighted by atomic mass is 32.1. The number of unbranched alkanes of at least 4 members (excludes halogenated alkanes) is 3. The second-order valence-electron chi connectivity index (χ2n) is 4.02. The van der Waals surface area contributed by atoms with E-state index in [2.05, 4.69) is 11.6 Å². The van der Waals surface area contributed by atoms with Crippen LogP contribution >= 0.6 is 11.3 Å². The molecule has 0 aliphatic carbocycles. The van der Waals surface area contributed by atoms with Gasteiger partial charge in [-0.3, -0.25) is 9.36 Å². The van der Waals surface area contributed by atoms with Gasteiger partial charge in [0.25, 0.3) is 5.56 Å². The minimum atomic E-state index is 0.0914. The van der Waals surface area contributed by atoms with Gasteiger partial charge in [-0.25, -0.2) is 4.98 Å². The summed E-state index contributed by atoms with van der Waals surface area (Å²) in [6.07, 6.45) is 7.94. The zero-order chi connectivity index (χ0) is 12.1. The molecule has 17 heavy (non-hydrogen) atoms. The van der Waals surface area contributed by atoms with Crippen molar-refractivity contribution in [1.29, 1.82) is 0 Å². The van der Waals surface area contributed by atoms with E-state index in [-0.39, 0.29) is 5.56 Å². The van der Waals surface area contributed by atoms with Crippen molar-refractivity contribution in [2.75, 3.05) is 0 Å². The molecule has 0 atom stereocenters. The number of aryl methyl sites for hydroxylation is 1. The van der Waals surface area contributed by atoms with E-state index in [1.165, 1.54) is 11.3 Å². The molecule has 0 spiro atoms. The molecule has 0 N–H and O–H groups in total. The van der Waals surface area contributed by atoms with Crippen LogP contribution in [0.25, 0.3) is 10.2 Å². The molecule has 90 valence electrons. The van der Waals surface area contributed by atoms with E-state index in [9.17, 15) is 4.79 Å². The molecule has 2 aromatic rings. The molecular formula is C13H16N2OS. The summed E-state index contributed by atoms with van der Waals surface area (Å²) in [5.41, 5.74) is 0.900. The second-order valence-corrected chi connectivity index (χ2v) is 4.93. The minimum Gasteiger partial charge on any atom is -0.298 e. The topological polar surface area (TPSA) is 34.9 Å². The lowest BCUT2D eigenvalue weighted by molar-refractivity contribution is 0.575. The SMILES string of the molecule is C=CCCCCCn1cnc2ccsc2c1=O. The monoisotopic (exact) mass is 248 g/mol. The van der Waals surface area contributed by atoms with Crippen molar-refractivity contribution >= 4 is 21.6 Å². The van der Waals surface area contributed by atoms with Crippen LogP contribution in [0.3, 0.4) is 0 Å². The van der Waals surface area contributed by atoms with Crippen LogP contribution in [0.1, 0.15) is 25.7 Å². The van der Waals surface area contributed by atoms with E-state index in [0.717, 1.165) is 42.4 Å². The summed E-state index contributed by atoms with van der Waals surface area (Å²) in [6.45, 7) is 4.46. The average molecular weight is 248 g/mol. The predicted molar refractivity (Wildman–Crippen MR) is 72.5 cm³/mol. The molecule has 0 bridgehead atoms. The van der Waals surface area contributed by atoms with E-state index in [0.29, 0.717) is 0 Å². The van der Waals surface area contributed by atoms with Gasteiger partial charge in [-0.1, -0.05) is 12.5 Å². The number of rotatable bonds is 6. The molecule has 0 amide bonds. The van der Waals surface area contributed by atoms with Crippen molar-refractivity contribution in [2.24, 2.45) is 0 Å². The lowest BCUT2D eigenvalue weighted by Gasteiger charge is -2.04. The van der Waals surface area contributed by atoms with Gasteiger partial charge in [0.05, 0.1) is 11.8 Å². The maximum atomic E-state index is 12.0. The quantitative estimate of drug-likeness (QED) is 0.581. The van der Waals surface area contributed by atoms with Crippen LogP contribution in [0, 0.1) is 0 Å². The summed E-state index contributed by atoms with van der Waals surface area (Å²) in [4.78, 5) is 16.3. The van der Waals surface area contributed by atoms with Gasteiger partial charge in [0.2, 0.25) is 0 Å². The minimum absolute atomic E-state index is 0.0914. The predicted octanol–water partition coefficient (Wildman–Crippen LogP) is 3.20. The van der Waals surface area contributed by atoms with Crippen molar-refractivity contribution in [3.05, 3.63) is 40.8 Å². The number of nitrogens with zero attached hydrogens (tertiary/aromatic N) is 2. The summed E-state index contributed by atoms with van der Waals surface area (Å²) in [5, 5.41) is 1.91. The van der Waals surface area contributed by atoms with Gasteiger partial charge in [-0.05, 0) is 30.7 Å². The first kappa shape index (κ1) is 12.0. The second kappa shape index (κ2) is 5.77. The molecule has 3 nitrogen and oxygen atoms in total. The number of hydrogen-bond acceptors (Lipinski definition) is 3. The summed E-state index contributed by atoms with van der Waals surface area (Å²) >= 11 is 1.47. The van der Waals surface area contributed by atoms with Gasteiger partial charge in [-0.15, -0.1) is 17.9 Å². The van der Waals surface area contributed by atoms with Crippen LogP contribution < -0.4 is 5.56 Å². The first-order valence-corrected chi connectivity index (χ1v) is 6.74. The molecule has 0 radical (unpaired) electrons. The molecule has 2 aromatic heterocycles. The number of fused-ring (bicyclic) bond motifs is 1. The van der Waals surface area contributed by atoms with Gasteiger partial charge in [-0.2, -0.15) is 0 Å². The van der Waals surface area contributed by atoms with Gasteiger partial charge < -0.3 is 0 Å². The van der Waals surface area contributed by atoms with Gasteiger partial charge >= 0.3 is 0 Å². The zero-order valence-corrected chi connectivity index (χ0v) is 10.6. The Balaban J connectivity index is 2.01. The molecule has 4 heteroatoms. The third-order valence-corrected chi connectivity index (χ3v) is 3.63. The fourth-order valence-corrected chi connectivity index (χ4v) is 2.58. The van der Waals surface area contributed by atoms with E-state index < -0.39 is 0 Å². The molecule has 0 saturated heterocycles. The smallest absolute Gasteiger partial charge is 0.271 e. The van der Waals surface area contributed by atoms with E-state index in [1.807, 2.05) is 17.5 Å². The van der Waals surface area contributed by atoms with Crippen LogP contribution in [0.15, 0.2) is 35.2 Å². The Hall–Kier alpha value is -1.42. The Bertz CT molecular complexity index is 556. The van der Waals surface area contributed by atoms with Crippen molar-refractivity contribution in [3.8, 4) is 0 Å². The van der Waals surface area contributed by atoms with Gasteiger partial charge in [0, 0.05) is 6.54 Å². The Labute approximate surface area is 104 Å². The highest BCUT2D eigenvalue weighted by molar-refractivity contribution is 7.17. The van der Waals surface area contributed by atoms with E-state index >= 15 is 0 Å². The zero-order valence-electron chi connectivity index (χ0n) is 9.76. The van der Waals surface area contributed by atoms with E-state index in [4.69, 9.17) is 0 Å². The number of allylic oxidation sites excluding steroid dienone is 1. The molecule has 0 saturated carbocycles. The van der Waals surface area contributed by atoms with Crippen LogP contribution in [0.2, 0.25) is 0 Å². The molecule has 2 rings (SSSR count). The standard InChI is InChI=1S/C13H16N2OS/c1-2-3-4-5-6-8-15-10-14-11-7-9-17-12(11)13(15)16/h2,7,9-10H,1,3-6,8H2. The lowest BCUT2D eigenvalue weighted by Crippen LogP contribution is -2.19. The Morgan fingerprint density at radius 3 is 3.12 bits per heavy atom. The summed E-state index contributed by atoms with van der Waals surface area (Å²) in [7, 11) is 0. The maximum Gasteiger partial charge on any atom is 0.271 e. The number of thiophene rings is 1. The van der Waals surface area contributed by atoms with Crippen molar-refractivity contribution in [1.82, 2.24) is 9.55 Å². The largest absolute Gasteiger partial charge is 0.298 e. The Kier molecular flexibility index (Phi) is 4.09. The molecule has 0 aromatic carbocycles. The molecule has 0 fully saturated rings.